The van der Waals surface area contributed by atoms with Gasteiger partial charge in [0.05, 0.1) is 5.41 Å². The van der Waals surface area contributed by atoms with E-state index in [1.165, 1.54) is 6.42 Å². The maximum absolute atomic E-state index is 13.0. The molecule has 1 aliphatic carbocycles. The molecule has 1 aromatic rings. The highest BCUT2D eigenvalue weighted by Gasteiger charge is 2.53. The molecule has 1 heterocycles. The first-order chi connectivity index (χ1) is 9.93. The van der Waals surface area contributed by atoms with Gasteiger partial charge in [-0.05, 0) is 55.2 Å². The third kappa shape index (κ3) is 2.78. The van der Waals surface area contributed by atoms with Crippen LogP contribution < -0.4 is 5.73 Å². The molecule has 0 unspecified atom stereocenters. The third-order valence-electron chi connectivity index (χ3n) is 5.25. The third-order valence-corrected chi connectivity index (χ3v) is 5.25. The molecule has 1 amide bonds. The molecular weight excluding hydrogens is 260 g/mol. The second-order valence-corrected chi connectivity index (χ2v) is 7.51. The highest BCUT2D eigenvalue weighted by molar-refractivity contribution is 5.91. The Morgan fingerprint density at radius 1 is 1.05 bits per heavy atom. The van der Waals surface area contributed by atoms with Gasteiger partial charge in [-0.3, -0.25) is 4.79 Å². The summed E-state index contributed by atoms with van der Waals surface area (Å²) < 4.78 is 0. The van der Waals surface area contributed by atoms with E-state index >= 15 is 0 Å². The number of likely N-dealkylation sites (tertiary alicyclic amines) is 1. The lowest BCUT2D eigenvalue weighted by atomic mass is 9.85. The molecule has 21 heavy (non-hydrogen) atoms. The topological polar surface area (TPSA) is 46.3 Å². The molecule has 0 spiro atoms. The Balaban J connectivity index is 1.77. The van der Waals surface area contributed by atoms with Crippen molar-refractivity contribution in [2.75, 3.05) is 18.8 Å². The van der Waals surface area contributed by atoms with Crippen molar-refractivity contribution in [1.29, 1.82) is 0 Å². The standard InChI is InChI=1S/C18H26N2O/c1-17(2)8-3-12-20(13-11-17)16(21)18(9-10-18)14-4-6-15(19)7-5-14/h4-7H,3,8-13,19H2,1-2H3. The first-order valence-electron chi connectivity index (χ1n) is 8.08. The number of nitrogens with zero attached hydrogens (tertiary/aromatic N) is 1. The summed E-state index contributed by atoms with van der Waals surface area (Å²) in [4.78, 5) is 15.1. The predicted molar refractivity (Wildman–Crippen MR) is 86.0 cm³/mol. The molecule has 2 aliphatic rings. The van der Waals surface area contributed by atoms with Gasteiger partial charge in [0, 0.05) is 18.8 Å². The summed E-state index contributed by atoms with van der Waals surface area (Å²) in [5, 5.41) is 0. The Labute approximate surface area is 127 Å². The molecule has 1 aliphatic heterocycles. The number of amides is 1. The predicted octanol–water partition coefficient (Wildman–Crippen LogP) is 3.34. The Bertz CT molecular complexity index is 529. The first kappa shape index (κ1) is 14.4. The van der Waals surface area contributed by atoms with E-state index in [0.29, 0.717) is 11.3 Å². The van der Waals surface area contributed by atoms with Crippen molar-refractivity contribution in [1.82, 2.24) is 4.90 Å². The summed E-state index contributed by atoms with van der Waals surface area (Å²) in [5.41, 5.74) is 7.79. The van der Waals surface area contributed by atoms with Crippen molar-refractivity contribution in [2.24, 2.45) is 5.41 Å². The zero-order chi connectivity index (χ0) is 15.1. The average Bonchev–Trinajstić information content (AvgIpc) is 3.24. The summed E-state index contributed by atoms with van der Waals surface area (Å²) in [6.07, 6.45) is 5.41. The van der Waals surface area contributed by atoms with Crippen LogP contribution in [0.2, 0.25) is 0 Å². The molecule has 0 aromatic heterocycles. The number of benzene rings is 1. The van der Waals surface area contributed by atoms with E-state index in [2.05, 4.69) is 18.7 Å². The normalized spacial score (nSPS) is 23.4. The lowest BCUT2D eigenvalue weighted by molar-refractivity contribution is -0.134. The summed E-state index contributed by atoms with van der Waals surface area (Å²) in [6.45, 7) is 6.45. The fourth-order valence-corrected chi connectivity index (χ4v) is 3.48. The van der Waals surface area contributed by atoms with Crippen LogP contribution in [0.4, 0.5) is 5.69 Å². The van der Waals surface area contributed by atoms with E-state index in [0.717, 1.165) is 50.0 Å². The van der Waals surface area contributed by atoms with E-state index in [9.17, 15) is 4.79 Å². The molecule has 3 nitrogen and oxygen atoms in total. The van der Waals surface area contributed by atoms with Crippen LogP contribution in [0, 0.1) is 5.41 Å². The second-order valence-electron chi connectivity index (χ2n) is 7.51. The van der Waals surface area contributed by atoms with Crippen LogP contribution >= 0.6 is 0 Å². The van der Waals surface area contributed by atoms with E-state index in [-0.39, 0.29) is 5.41 Å². The fraction of sp³-hybridized carbons (Fsp3) is 0.611. The zero-order valence-electron chi connectivity index (χ0n) is 13.2. The minimum Gasteiger partial charge on any atom is -0.399 e. The molecule has 1 aromatic carbocycles. The maximum Gasteiger partial charge on any atom is 0.233 e. The molecule has 2 fully saturated rings. The van der Waals surface area contributed by atoms with Gasteiger partial charge in [-0.25, -0.2) is 0 Å². The van der Waals surface area contributed by atoms with Crippen LogP contribution in [0.5, 0.6) is 0 Å². The highest BCUT2D eigenvalue weighted by atomic mass is 16.2. The van der Waals surface area contributed by atoms with Gasteiger partial charge < -0.3 is 10.6 Å². The molecule has 2 N–H and O–H groups in total. The molecule has 0 atom stereocenters. The van der Waals surface area contributed by atoms with Crippen LogP contribution in [-0.4, -0.2) is 23.9 Å². The number of carbonyl (C=O) groups is 1. The van der Waals surface area contributed by atoms with Crippen LogP contribution in [0.1, 0.15) is 51.5 Å². The molecular formula is C18H26N2O. The summed E-state index contributed by atoms with van der Waals surface area (Å²) in [6, 6.07) is 7.88. The minimum atomic E-state index is -0.248. The van der Waals surface area contributed by atoms with Gasteiger partial charge in [0.25, 0.3) is 0 Å². The van der Waals surface area contributed by atoms with Crippen molar-refractivity contribution < 1.29 is 4.79 Å². The molecule has 1 saturated carbocycles. The van der Waals surface area contributed by atoms with Gasteiger partial charge in [0.15, 0.2) is 0 Å². The highest BCUT2D eigenvalue weighted by Crippen LogP contribution is 2.50. The number of hydrogen-bond donors (Lipinski definition) is 1. The first-order valence-corrected chi connectivity index (χ1v) is 8.08. The summed E-state index contributed by atoms with van der Waals surface area (Å²) >= 11 is 0. The molecule has 114 valence electrons. The van der Waals surface area contributed by atoms with Gasteiger partial charge in [0.2, 0.25) is 5.91 Å². The SMILES string of the molecule is CC1(C)CCCN(C(=O)C2(c3ccc(N)cc3)CC2)CC1. The van der Waals surface area contributed by atoms with Crippen LogP contribution in [-0.2, 0) is 10.2 Å². The van der Waals surface area contributed by atoms with Crippen LogP contribution in [0.15, 0.2) is 24.3 Å². The van der Waals surface area contributed by atoms with E-state index in [4.69, 9.17) is 5.73 Å². The Morgan fingerprint density at radius 2 is 1.71 bits per heavy atom. The lowest BCUT2D eigenvalue weighted by Crippen LogP contribution is -2.40. The number of anilines is 1. The van der Waals surface area contributed by atoms with Crippen molar-refractivity contribution in [3.05, 3.63) is 29.8 Å². The van der Waals surface area contributed by atoms with Crippen LogP contribution in [0.3, 0.4) is 0 Å². The monoisotopic (exact) mass is 286 g/mol. The fourth-order valence-electron chi connectivity index (χ4n) is 3.48. The van der Waals surface area contributed by atoms with Crippen molar-refractivity contribution in [3.63, 3.8) is 0 Å². The Kier molecular flexibility index (Phi) is 3.46. The smallest absolute Gasteiger partial charge is 0.233 e. The zero-order valence-corrected chi connectivity index (χ0v) is 13.2. The van der Waals surface area contributed by atoms with Crippen molar-refractivity contribution in [2.45, 2.75) is 51.4 Å². The van der Waals surface area contributed by atoms with Gasteiger partial charge in [-0.2, -0.15) is 0 Å². The molecule has 0 bridgehead atoms. The van der Waals surface area contributed by atoms with Crippen LogP contribution in [0.25, 0.3) is 0 Å². The second kappa shape index (κ2) is 5.04. The number of hydrogen-bond acceptors (Lipinski definition) is 2. The van der Waals surface area contributed by atoms with Gasteiger partial charge in [0.1, 0.15) is 0 Å². The van der Waals surface area contributed by atoms with Crippen molar-refractivity contribution >= 4 is 11.6 Å². The minimum absolute atomic E-state index is 0.248. The number of nitrogen functional groups attached to an aromatic ring is 1. The molecule has 3 heteroatoms. The summed E-state index contributed by atoms with van der Waals surface area (Å²) in [5.74, 6) is 0.338. The van der Waals surface area contributed by atoms with E-state index < -0.39 is 0 Å². The quantitative estimate of drug-likeness (QED) is 0.848. The van der Waals surface area contributed by atoms with E-state index in [1.54, 1.807) is 0 Å². The summed E-state index contributed by atoms with van der Waals surface area (Å²) in [7, 11) is 0. The van der Waals surface area contributed by atoms with Gasteiger partial charge >= 0.3 is 0 Å². The maximum atomic E-state index is 13.0. The number of rotatable bonds is 2. The van der Waals surface area contributed by atoms with Gasteiger partial charge in [-0.1, -0.05) is 26.0 Å². The molecule has 1 saturated heterocycles. The Hall–Kier alpha value is -1.51. The van der Waals surface area contributed by atoms with Gasteiger partial charge in [-0.15, -0.1) is 0 Å². The average molecular weight is 286 g/mol. The largest absolute Gasteiger partial charge is 0.399 e. The molecule has 3 rings (SSSR count). The van der Waals surface area contributed by atoms with Crippen molar-refractivity contribution in [3.8, 4) is 0 Å². The molecule has 0 radical (unpaired) electrons. The number of nitrogens with two attached hydrogens (primary N) is 1. The lowest BCUT2D eigenvalue weighted by Gasteiger charge is -2.27. The Morgan fingerprint density at radius 3 is 2.33 bits per heavy atom. The number of carbonyl (C=O) groups excluding carboxylic acids is 1. The van der Waals surface area contributed by atoms with E-state index in [1.807, 2.05) is 24.3 Å².